The number of ether oxygens (including phenoxy) is 1. The van der Waals surface area contributed by atoms with Crippen LogP contribution < -0.4 is 10.0 Å². The second kappa shape index (κ2) is 11.1. The topological polar surface area (TPSA) is 145 Å². The maximum atomic E-state index is 12.4. The van der Waals surface area contributed by atoms with Gasteiger partial charge < -0.3 is 25.4 Å². The highest BCUT2D eigenvalue weighted by Crippen LogP contribution is 2.23. The number of carbonyl (C=O) groups is 1. The van der Waals surface area contributed by atoms with E-state index in [9.17, 15) is 28.5 Å². The average molecular weight is 531 g/mol. The summed E-state index contributed by atoms with van der Waals surface area (Å²) in [4.78, 5) is 12.3. The van der Waals surface area contributed by atoms with Crippen molar-refractivity contribution in [3.05, 3.63) is 69.7 Å². The number of amides is 1. The van der Waals surface area contributed by atoms with Gasteiger partial charge in [0.05, 0.1) is 14.9 Å². The number of aliphatic hydroxyl groups excluding tert-OH is 3. The van der Waals surface area contributed by atoms with Crippen molar-refractivity contribution in [2.45, 2.75) is 42.5 Å². The van der Waals surface area contributed by atoms with Crippen molar-refractivity contribution in [2.24, 2.45) is 0 Å². The van der Waals surface area contributed by atoms with Crippen molar-refractivity contribution in [3.63, 3.8) is 0 Å². The zero-order valence-electron chi connectivity index (χ0n) is 17.9. The van der Waals surface area contributed by atoms with E-state index in [1.54, 1.807) is 30.3 Å². The summed E-state index contributed by atoms with van der Waals surface area (Å²) in [5, 5.41) is 34.1. The molecule has 1 amide bonds. The Morgan fingerprint density at radius 1 is 1.06 bits per heavy atom. The van der Waals surface area contributed by atoms with Crippen LogP contribution >= 0.6 is 23.2 Å². The summed E-state index contributed by atoms with van der Waals surface area (Å²) >= 11 is 11.8. The van der Waals surface area contributed by atoms with Crippen LogP contribution in [0.25, 0.3) is 6.08 Å². The highest BCUT2D eigenvalue weighted by molar-refractivity contribution is 7.89. The maximum Gasteiger partial charge on any atom is 0.244 e. The van der Waals surface area contributed by atoms with Gasteiger partial charge in [0, 0.05) is 12.6 Å². The molecule has 3 rings (SSSR count). The fraction of sp³-hybridized carbons (Fsp3) is 0.318. The number of halogens is 2. The third-order valence-corrected chi connectivity index (χ3v) is 7.38. The predicted molar refractivity (Wildman–Crippen MR) is 127 cm³/mol. The first-order valence-corrected chi connectivity index (χ1v) is 12.4. The van der Waals surface area contributed by atoms with Gasteiger partial charge in [-0.25, -0.2) is 13.1 Å². The summed E-state index contributed by atoms with van der Waals surface area (Å²) in [6, 6.07) is 9.52. The molecule has 0 saturated carbocycles. The SMILES string of the molecule is Cc1ccc(S(=O)(=O)NC[C@H]2O[C@H](O)[C@H](NC(=O)/C=C/c3ccc(Cl)c(Cl)c3)[C@@H](O)[C@@H]2O)cc1. The fourth-order valence-electron chi connectivity index (χ4n) is 3.26. The summed E-state index contributed by atoms with van der Waals surface area (Å²) in [5.74, 6) is -0.677. The molecule has 0 radical (unpaired) electrons. The number of aryl methyl sites for hydroxylation is 1. The van der Waals surface area contributed by atoms with Crippen LogP contribution in [-0.2, 0) is 19.6 Å². The molecule has 12 heteroatoms. The summed E-state index contributed by atoms with van der Waals surface area (Å²) in [7, 11) is -3.91. The van der Waals surface area contributed by atoms with Crippen molar-refractivity contribution in [1.82, 2.24) is 10.0 Å². The Kier molecular flexibility index (Phi) is 8.72. The molecule has 0 aromatic heterocycles. The molecular weight excluding hydrogens is 507 g/mol. The third-order valence-electron chi connectivity index (χ3n) is 5.21. The number of nitrogens with one attached hydrogen (secondary N) is 2. The van der Waals surface area contributed by atoms with Crippen molar-refractivity contribution in [3.8, 4) is 0 Å². The van der Waals surface area contributed by atoms with Crippen LogP contribution in [0.4, 0.5) is 0 Å². The molecule has 0 unspecified atom stereocenters. The van der Waals surface area contributed by atoms with Crippen LogP contribution in [0, 0.1) is 6.92 Å². The second-order valence-corrected chi connectivity index (χ2v) is 10.3. The Balaban J connectivity index is 1.59. The van der Waals surface area contributed by atoms with Crippen LogP contribution in [0.2, 0.25) is 10.0 Å². The molecule has 0 spiro atoms. The Labute approximate surface area is 207 Å². The molecule has 1 fully saturated rings. The van der Waals surface area contributed by atoms with Crippen molar-refractivity contribution in [1.29, 1.82) is 0 Å². The van der Waals surface area contributed by atoms with Crippen molar-refractivity contribution >= 4 is 45.2 Å². The van der Waals surface area contributed by atoms with Crippen LogP contribution in [0.5, 0.6) is 0 Å². The smallest absolute Gasteiger partial charge is 0.244 e. The first-order chi connectivity index (χ1) is 16.0. The van der Waals surface area contributed by atoms with Crippen LogP contribution in [0.1, 0.15) is 11.1 Å². The molecule has 0 bridgehead atoms. The second-order valence-electron chi connectivity index (χ2n) is 7.75. The number of hydrogen-bond acceptors (Lipinski definition) is 7. The largest absolute Gasteiger partial charge is 0.388 e. The molecule has 1 aliphatic heterocycles. The van der Waals surface area contributed by atoms with Gasteiger partial charge in [-0.2, -0.15) is 0 Å². The summed E-state index contributed by atoms with van der Waals surface area (Å²) in [5.41, 5.74) is 1.47. The minimum atomic E-state index is -3.91. The van der Waals surface area contributed by atoms with Crippen LogP contribution in [-0.4, -0.2) is 66.8 Å². The monoisotopic (exact) mass is 530 g/mol. The van der Waals surface area contributed by atoms with E-state index in [1.165, 1.54) is 18.2 Å². The molecular formula is C22H24Cl2N2O7S. The van der Waals surface area contributed by atoms with Gasteiger partial charge in [-0.1, -0.05) is 47.0 Å². The Morgan fingerprint density at radius 2 is 1.74 bits per heavy atom. The number of carbonyl (C=O) groups excluding carboxylic acids is 1. The minimum absolute atomic E-state index is 0.0170. The average Bonchev–Trinajstić information content (AvgIpc) is 2.79. The standard InChI is InChI=1S/C22H24Cl2N2O7S/c1-12-2-6-14(7-3-12)34(31,32)25-11-17-20(28)21(29)19(22(30)33-17)26-18(27)9-5-13-4-8-15(23)16(24)10-13/h2-10,17,19-22,25,28-30H,11H2,1H3,(H,26,27)/b9-5+/t17-,19-,20-,21-,22+/m1/s1. The van der Waals surface area contributed by atoms with E-state index in [-0.39, 0.29) is 4.90 Å². The molecule has 34 heavy (non-hydrogen) atoms. The molecule has 2 aromatic rings. The van der Waals surface area contributed by atoms with Gasteiger partial charge in [0.2, 0.25) is 15.9 Å². The lowest BCUT2D eigenvalue weighted by Gasteiger charge is -2.40. The van der Waals surface area contributed by atoms with Crippen molar-refractivity contribution in [2.75, 3.05) is 6.54 Å². The van der Waals surface area contributed by atoms with Gasteiger partial charge in [0.15, 0.2) is 6.29 Å². The van der Waals surface area contributed by atoms with E-state index >= 15 is 0 Å². The zero-order valence-corrected chi connectivity index (χ0v) is 20.3. The quantitative estimate of drug-likeness (QED) is 0.338. The molecule has 5 atom stereocenters. The van der Waals surface area contributed by atoms with Gasteiger partial charge in [-0.05, 0) is 42.8 Å². The summed E-state index contributed by atoms with van der Waals surface area (Å²) in [6.45, 7) is 1.40. The number of hydrogen-bond donors (Lipinski definition) is 5. The molecule has 184 valence electrons. The molecule has 9 nitrogen and oxygen atoms in total. The van der Waals surface area contributed by atoms with Gasteiger partial charge in [0.1, 0.15) is 24.4 Å². The van der Waals surface area contributed by atoms with Gasteiger partial charge in [-0.3, -0.25) is 4.79 Å². The van der Waals surface area contributed by atoms with E-state index in [0.29, 0.717) is 15.6 Å². The molecule has 0 aliphatic carbocycles. The summed E-state index contributed by atoms with van der Waals surface area (Å²) in [6.07, 6.45) is -3.58. The lowest BCUT2D eigenvalue weighted by Crippen LogP contribution is -2.64. The molecule has 1 saturated heterocycles. The number of aliphatic hydroxyl groups is 3. The molecule has 2 aromatic carbocycles. The van der Waals surface area contributed by atoms with E-state index in [0.717, 1.165) is 11.6 Å². The Bertz CT molecular complexity index is 1160. The lowest BCUT2D eigenvalue weighted by atomic mass is 9.96. The Morgan fingerprint density at radius 3 is 2.38 bits per heavy atom. The predicted octanol–water partition coefficient (Wildman–Crippen LogP) is 1.22. The highest BCUT2D eigenvalue weighted by atomic mass is 35.5. The normalized spacial score (nSPS) is 25.4. The van der Waals surface area contributed by atoms with E-state index in [1.807, 2.05) is 6.92 Å². The third kappa shape index (κ3) is 6.55. The summed E-state index contributed by atoms with van der Waals surface area (Å²) < 4.78 is 32.4. The Hall–Kier alpha value is -2.02. The van der Waals surface area contributed by atoms with Gasteiger partial charge >= 0.3 is 0 Å². The zero-order chi connectivity index (χ0) is 25.0. The number of benzene rings is 2. The molecule has 5 N–H and O–H groups in total. The minimum Gasteiger partial charge on any atom is -0.388 e. The first kappa shape index (κ1) is 26.6. The van der Waals surface area contributed by atoms with E-state index in [2.05, 4.69) is 10.0 Å². The van der Waals surface area contributed by atoms with Gasteiger partial charge in [-0.15, -0.1) is 0 Å². The van der Waals surface area contributed by atoms with E-state index in [4.69, 9.17) is 27.9 Å². The van der Waals surface area contributed by atoms with Gasteiger partial charge in [0.25, 0.3) is 0 Å². The number of rotatable bonds is 7. The number of sulfonamides is 1. The molecule has 1 heterocycles. The van der Waals surface area contributed by atoms with E-state index < -0.39 is 53.1 Å². The molecule has 1 aliphatic rings. The van der Waals surface area contributed by atoms with Crippen LogP contribution in [0.3, 0.4) is 0 Å². The highest BCUT2D eigenvalue weighted by Gasteiger charge is 2.44. The lowest BCUT2D eigenvalue weighted by molar-refractivity contribution is -0.244. The maximum absolute atomic E-state index is 12.4. The fourth-order valence-corrected chi connectivity index (χ4v) is 4.61. The van der Waals surface area contributed by atoms with Crippen LogP contribution in [0.15, 0.2) is 53.4 Å². The van der Waals surface area contributed by atoms with Crippen molar-refractivity contribution < 1.29 is 33.3 Å². The first-order valence-electron chi connectivity index (χ1n) is 10.2.